The highest BCUT2D eigenvalue weighted by Gasteiger charge is 2.32. The summed E-state index contributed by atoms with van der Waals surface area (Å²) < 4.78 is 4.96. The first-order valence-electron chi connectivity index (χ1n) is 5.75. The van der Waals surface area contributed by atoms with Gasteiger partial charge in [-0.1, -0.05) is 5.16 Å². The molecule has 0 radical (unpaired) electrons. The van der Waals surface area contributed by atoms with Gasteiger partial charge >= 0.3 is 5.97 Å². The number of thiazole rings is 1. The lowest BCUT2D eigenvalue weighted by Crippen LogP contribution is -2.28. The molecule has 0 fully saturated rings. The molecule has 2 heterocycles. The van der Waals surface area contributed by atoms with E-state index in [-0.39, 0.29) is 0 Å². The van der Waals surface area contributed by atoms with Crippen molar-refractivity contribution >= 4 is 22.4 Å². The number of aryl methyl sites for hydroxylation is 1. The van der Waals surface area contributed by atoms with E-state index in [0.717, 1.165) is 11.5 Å². The summed E-state index contributed by atoms with van der Waals surface area (Å²) in [4.78, 5) is 15.4. The highest BCUT2D eigenvalue weighted by atomic mass is 32.1. The third-order valence-electron chi connectivity index (χ3n) is 2.78. The Morgan fingerprint density at radius 2 is 2.32 bits per heavy atom. The first-order chi connectivity index (χ1) is 8.89. The van der Waals surface area contributed by atoms with Gasteiger partial charge in [0.05, 0.1) is 12.2 Å². The molecular formula is C12H15N3O3S. The molecule has 0 atom stereocenters. The van der Waals surface area contributed by atoms with Crippen LogP contribution in [0.4, 0.5) is 5.13 Å². The zero-order valence-corrected chi connectivity index (χ0v) is 11.7. The minimum atomic E-state index is -0.985. The van der Waals surface area contributed by atoms with Crippen molar-refractivity contribution in [1.29, 1.82) is 0 Å². The lowest BCUT2D eigenvalue weighted by molar-refractivity contribution is -0.142. The molecule has 0 amide bonds. The summed E-state index contributed by atoms with van der Waals surface area (Å²) in [6.45, 7) is 5.59. The highest BCUT2D eigenvalue weighted by molar-refractivity contribution is 7.13. The van der Waals surface area contributed by atoms with E-state index < -0.39 is 11.4 Å². The number of aromatic nitrogens is 2. The largest absolute Gasteiger partial charge is 0.481 e. The van der Waals surface area contributed by atoms with E-state index in [9.17, 15) is 4.79 Å². The summed E-state index contributed by atoms with van der Waals surface area (Å²) in [7, 11) is 0. The van der Waals surface area contributed by atoms with Crippen molar-refractivity contribution in [3.63, 3.8) is 0 Å². The van der Waals surface area contributed by atoms with Gasteiger partial charge in [0.1, 0.15) is 16.9 Å². The maximum atomic E-state index is 11.1. The van der Waals surface area contributed by atoms with Gasteiger partial charge in [0, 0.05) is 11.4 Å². The maximum Gasteiger partial charge on any atom is 0.315 e. The lowest BCUT2D eigenvalue weighted by atomic mass is 9.90. The molecule has 0 unspecified atom stereocenters. The third kappa shape index (κ3) is 2.93. The molecule has 0 saturated carbocycles. The molecule has 2 aromatic heterocycles. The zero-order chi connectivity index (χ0) is 14.0. The second-order valence-electron chi connectivity index (χ2n) is 4.75. The number of carbonyl (C=O) groups is 1. The van der Waals surface area contributed by atoms with Crippen molar-refractivity contribution in [2.24, 2.45) is 0 Å². The Balaban J connectivity index is 2.03. The van der Waals surface area contributed by atoms with Crippen LogP contribution in [0.3, 0.4) is 0 Å². The summed E-state index contributed by atoms with van der Waals surface area (Å²) in [5.41, 5.74) is 0.344. The Hall–Kier alpha value is -1.89. The summed E-state index contributed by atoms with van der Waals surface area (Å²) in [6, 6.07) is 1.84. The van der Waals surface area contributed by atoms with Crippen LogP contribution in [0.2, 0.25) is 0 Å². The van der Waals surface area contributed by atoms with E-state index >= 15 is 0 Å². The summed E-state index contributed by atoms with van der Waals surface area (Å²) in [5, 5.41) is 18.5. The van der Waals surface area contributed by atoms with Crippen molar-refractivity contribution in [3.8, 4) is 0 Å². The Morgan fingerprint density at radius 3 is 2.89 bits per heavy atom. The van der Waals surface area contributed by atoms with Gasteiger partial charge < -0.3 is 14.9 Å². The van der Waals surface area contributed by atoms with E-state index in [2.05, 4.69) is 15.5 Å². The minimum absolute atomic E-state index is 0.498. The molecule has 0 bridgehead atoms. The van der Waals surface area contributed by atoms with Crippen LogP contribution in [0, 0.1) is 6.92 Å². The second kappa shape index (κ2) is 5.00. The number of hydrogen-bond donors (Lipinski definition) is 2. The van der Waals surface area contributed by atoms with Crippen molar-refractivity contribution in [3.05, 3.63) is 28.6 Å². The lowest BCUT2D eigenvalue weighted by Gasteiger charge is -2.15. The van der Waals surface area contributed by atoms with Crippen molar-refractivity contribution < 1.29 is 14.4 Å². The number of nitrogens with zero attached hydrogens (tertiary/aromatic N) is 2. The number of nitrogens with one attached hydrogen (secondary N) is 1. The Bertz CT molecular complexity index is 589. The van der Waals surface area contributed by atoms with Gasteiger partial charge in [-0.05, 0) is 20.8 Å². The summed E-state index contributed by atoms with van der Waals surface area (Å²) in [5.74, 6) is -0.139. The minimum Gasteiger partial charge on any atom is -0.481 e. The van der Waals surface area contributed by atoms with E-state index in [1.165, 1.54) is 11.3 Å². The number of carboxylic acids is 1. The van der Waals surface area contributed by atoms with Crippen LogP contribution in [0.5, 0.6) is 0 Å². The molecular weight excluding hydrogens is 266 g/mol. The van der Waals surface area contributed by atoms with Crippen LogP contribution >= 0.6 is 11.3 Å². The Morgan fingerprint density at radius 1 is 1.58 bits per heavy atom. The second-order valence-corrected chi connectivity index (χ2v) is 5.61. The quantitative estimate of drug-likeness (QED) is 0.875. The van der Waals surface area contributed by atoms with Gasteiger partial charge in [-0.25, -0.2) is 4.98 Å². The fourth-order valence-corrected chi connectivity index (χ4v) is 2.30. The summed E-state index contributed by atoms with van der Waals surface area (Å²) >= 11 is 1.38. The molecule has 19 heavy (non-hydrogen) atoms. The maximum absolute atomic E-state index is 11.1. The first-order valence-corrected chi connectivity index (χ1v) is 6.63. The molecule has 0 aromatic carbocycles. The van der Waals surface area contributed by atoms with E-state index in [1.54, 1.807) is 19.2 Å². The normalized spacial score (nSPS) is 11.5. The zero-order valence-electron chi connectivity index (χ0n) is 10.9. The molecule has 2 N–H and O–H groups in total. The molecule has 7 heteroatoms. The predicted octanol–water partition coefficient (Wildman–Crippen LogP) is 2.41. The monoisotopic (exact) mass is 281 g/mol. The van der Waals surface area contributed by atoms with Crippen LogP contribution in [-0.4, -0.2) is 21.2 Å². The molecule has 0 aliphatic carbocycles. The highest BCUT2D eigenvalue weighted by Crippen LogP contribution is 2.27. The van der Waals surface area contributed by atoms with Gasteiger partial charge in [0.15, 0.2) is 5.13 Å². The van der Waals surface area contributed by atoms with Crippen LogP contribution in [0.25, 0.3) is 0 Å². The molecule has 0 spiro atoms. The standard InChI is InChI=1S/C12H15N3O3S/c1-7-4-8(15-18-7)5-13-11-14-9(6-19-11)12(2,3)10(16)17/h4,6H,5H2,1-3H3,(H,13,14)(H,16,17). The number of anilines is 1. The van der Waals surface area contributed by atoms with Gasteiger partial charge in [0.2, 0.25) is 0 Å². The average molecular weight is 281 g/mol. The number of aliphatic carboxylic acids is 1. The topological polar surface area (TPSA) is 88.2 Å². The van der Waals surface area contributed by atoms with Gasteiger partial charge in [-0.3, -0.25) is 4.79 Å². The average Bonchev–Trinajstić information content (AvgIpc) is 2.95. The molecule has 0 aliphatic rings. The summed E-state index contributed by atoms with van der Waals surface area (Å²) in [6.07, 6.45) is 0. The van der Waals surface area contributed by atoms with Gasteiger partial charge in [-0.2, -0.15) is 0 Å². The Labute approximate surface area is 114 Å². The SMILES string of the molecule is Cc1cc(CNc2nc(C(C)(C)C(=O)O)cs2)no1. The third-order valence-corrected chi connectivity index (χ3v) is 3.58. The van der Waals surface area contributed by atoms with Gasteiger partial charge in [-0.15, -0.1) is 11.3 Å². The molecule has 6 nitrogen and oxygen atoms in total. The fourth-order valence-electron chi connectivity index (χ4n) is 1.42. The molecule has 2 rings (SSSR count). The fraction of sp³-hybridized carbons (Fsp3) is 0.417. The molecule has 2 aromatic rings. The molecule has 0 saturated heterocycles. The van der Waals surface area contributed by atoms with E-state index in [4.69, 9.17) is 9.63 Å². The van der Waals surface area contributed by atoms with Crippen molar-refractivity contribution in [2.75, 3.05) is 5.32 Å². The predicted molar refractivity (Wildman–Crippen MR) is 71.3 cm³/mol. The Kier molecular flexibility index (Phi) is 3.57. The van der Waals surface area contributed by atoms with Crippen molar-refractivity contribution in [2.45, 2.75) is 32.7 Å². The molecule has 102 valence electrons. The smallest absolute Gasteiger partial charge is 0.315 e. The first kappa shape index (κ1) is 13.5. The van der Waals surface area contributed by atoms with Crippen LogP contribution in [-0.2, 0) is 16.8 Å². The van der Waals surface area contributed by atoms with Crippen LogP contribution in [0.1, 0.15) is 31.0 Å². The van der Waals surface area contributed by atoms with Crippen LogP contribution in [0.15, 0.2) is 16.0 Å². The number of rotatable bonds is 5. The molecule has 0 aliphatic heterocycles. The van der Waals surface area contributed by atoms with Crippen molar-refractivity contribution in [1.82, 2.24) is 10.1 Å². The number of carboxylic acid groups (broad SMARTS) is 1. The number of hydrogen-bond acceptors (Lipinski definition) is 6. The van der Waals surface area contributed by atoms with E-state index in [0.29, 0.717) is 17.4 Å². The van der Waals surface area contributed by atoms with Gasteiger partial charge in [0.25, 0.3) is 0 Å². The van der Waals surface area contributed by atoms with Crippen LogP contribution < -0.4 is 5.32 Å². The van der Waals surface area contributed by atoms with E-state index in [1.807, 2.05) is 13.0 Å².